The Morgan fingerprint density at radius 3 is 2.35 bits per heavy atom. The number of ether oxygens (including phenoxy) is 1. The number of amides is 2. The average Bonchev–Trinajstić information content (AvgIpc) is 2.78. The van der Waals surface area contributed by atoms with Gasteiger partial charge in [0.1, 0.15) is 11.3 Å². The molecule has 5 nitrogen and oxygen atoms in total. The van der Waals surface area contributed by atoms with Crippen molar-refractivity contribution in [2.75, 3.05) is 12.0 Å². The third-order valence-corrected chi connectivity index (χ3v) is 5.35. The molecule has 3 aromatic carbocycles. The van der Waals surface area contributed by atoms with Crippen LogP contribution in [0.2, 0.25) is 5.02 Å². The van der Waals surface area contributed by atoms with Crippen LogP contribution < -0.4 is 15.0 Å². The molecule has 0 aromatic heterocycles. The topological polar surface area (TPSA) is 58.6 Å². The highest BCUT2D eigenvalue weighted by Crippen LogP contribution is 2.26. The minimum absolute atomic E-state index is 0.00215. The van der Waals surface area contributed by atoms with E-state index in [-0.39, 0.29) is 10.7 Å². The van der Waals surface area contributed by atoms with E-state index >= 15 is 0 Å². The smallest absolute Gasteiger partial charge is 0.270 e. The molecule has 1 aliphatic rings. The minimum Gasteiger partial charge on any atom is -0.497 e. The summed E-state index contributed by atoms with van der Waals surface area (Å²) in [5.74, 6) is -0.253. The molecule has 1 heterocycles. The number of thiocarbonyl (C=S) groups is 1. The van der Waals surface area contributed by atoms with E-state index in [1.165, 1.54) is 4.90 Å². The molecular formula is C24H17ClN2O3S. The maximum atomic E-state index is 13.1. The fraction of sp³-hybridized carbons (Fsp3) is 0.0417. The maximum Gasteiger partial charge on any atom is 0.270 e. The number of hydrogen-bond acceptors (Lipinski definition) is 4. The Hall–Kier alpha value is -3.48. The molecule has 2 amide bonds. The molecule has 31 heavy (non-hydrogen) atoms. The Kier molecular flexibility index (Phi) is 5.84. The van der Waals surface area contributed by atoms with E-state index < -0.39 is 11.8 Å². The molecule has 0 unspecified atom stereocenters. The number of carbonyl (C=O) groups is 2. The van der Waals surface area contributed by atoms with Crippen LogP contribution in [0.5, 0.6) is 5.75 Å². The molecular weight excluding hydrogens is 432 g/mol. The molecule has 0 aliphatic carbocycles. The Labute approximate surface area is 189 Å². The highest BCUT2D eigenvalue weighted by molar-refractivity contribution is 7.80. The van der Waals surface area contributed by atoms with Crippen LogP contribution in [0.1, 0.15) is 5.56 Å². The second kappa shape index (κ2) is 8.71. The molecule has 0 saturated carbocycles. The van der Waals surface area contributed by atoms with Gasteiger partial charge in [-0.1, -0.05) is 48.0 Å². The summed E-state index contributed by atoms with van der Waals surface area (Å²) < 4.78 is 5.27. The summed E-state index contributed by atoms with van der Waals surface area (Å²) >= 11 is 11.1. The number of rotatable bonds is 4. The van der Waals surface area contributed by atoms with Crippen LogP contribution in [-0.2, 0) is 9.59 Å². The van der Waals surface area contributed by atoms with Crippen LogP contribution in [0.25, 0.3) is 17.2 Å². The van der Waals surface area contributed by atoms with Crippen molar-refractivity contribution in [3.8, 4) is 16.9 Å². The third kappa shape index (κ3) is 4.35. The van der Waals surface area contributed by atoms with Gasteiger partial charge >= 0.3 is 0 Å². The normalized spacial score (nSPS) is 15.2. The lowest BCUT2D eigenvalue weighted by Gasteiger charge is -2.28. The highest BCUT2D eigenvalue weighted by atomic mass is 35.5. The number of nitrogens with one attached hydrogen (secondary N) is 1. The second-order valence-electron chi connectivity index (χ2n) is 6.79. The lowest BCUT2D eigenvalue weighted by Crippen LogP contribution is -2.54. The van der Waals surface area contributed by atoms with Gasteiger partial charge in [-0.2, -0.15) is 0 Å². The maximum absolute atomic E-state index is 13.1. The number of carbonyl (C=O) groups excluding carboxylic acids is 2. The summed E-state index contributed by atoms with van der Waals surface area (Å²) in [6.45, 7) is 0. The van der Waals surface area contributed by atoms with Crippen molar-refractivity contribution < 1.29 is 14.3 Å². The molecule has 0 bridgehead atoms. The number of anilines is 1. The molecule has 3 aromatic rings. The van der Waals surface area contributed by atoms with E-state index in [0.717, 1.165) is 16.9 Å². The van der Waals surface area contributed by atoms with Gasteiger partial charge in [0.15, 0.2) is 5.11 Å². The summed E-state index contributed by atoms with van der Waals surface area (Å²) in [6.07, 6.45) is 1.55. The highest BCUT2D eigenvalue weighted by Gasteiger charge is 2.34. The van der Waals surface area contributed by atoms with Crippen LogP contribution in [0, 0.1) is 0 Å². The SMILES string of the molecule is COc1cccc(-c2ccc(/C=C3/C(=O)NC(=S)N(c4ccc(Cl)cc4)C3=O)cc2)c1. The zero-order valence-electron chi connectivity index (χ0n) is 16.5. The van der Waals surface area contributed by atoms with Crippen molar-refractivity contribution >= 4 is 52.5 Å². The number of nitrogens with zero attached hydrogens (tertiary/aromatic N) is 1. The summed E-state index contributed by atoms with van der Waals surface area (Å²) in [6, 6.07) is 21.9. The van der Waals surface area contributed by atoms with Crippen molar-refractivity contribution in [1.29, 1.82) is 0 Å². The molecule has 1 saturated heterocycles. The van der Waals surface area contributed by atoms with Gasteiger partial charge in [0.25, 0.3) is 11.8 Å². The first-order valence-electron chi connectivity index (χ1n) is 9.38. The molecule has 1 N–H and O–H groups in total. The molecule has 0 radical (unpaired) electrons. The first-order chi connectivity index (χ1) is 15.0. The number of methoxy groups -OCH3 is 1. The van der Waals surface area contributed by atoms with Crippen molar-refractivity contribution in [2.45, 2.75) is 0 Å². The largest absolute Gasteiger partial charge is 0.497 e. The summed E-state index contributed by atoms with van der Waals surface area (Å²) in [5, 5.41) is 3.14. The number of hydrogen-bond donors (Lipinski definition) is 1. The van der Waals surface area contributed by atoms with Crippen molar-refractivity contribution in [3.63, 3.8) is 0 Å². The van der Waals surface area contributed by atoms with Crippen LogP contribution in [0.3, 0.4) is 0 Å². The van der Waals surface area contributed by atoms with Crippen LogP contribution >= 0.6 is 23.8 Å². The zero-order valence-corrected chi connectivity index (χ0v) is 18.0. The summed E-state index contributed by atoms with van der Waals surface area (Å²) in [4.78, 5) is 26.8. The first kappa shape index (κ1) is 20.8. The predicted octanol–water partition coefficient (Wildman–Crippen LogP) is 4.85. The van der Waals surface area contributed by atoms with E-state index in [9.17, 15) is 9.59 Å². The van der Waals surface area contributed by atoms with E-state index in [2.05, 4.69) is 5.32 Å². The second-order valence-corrected chi connectivity index (χ2v) is 7.61. The van der Waals surface area contributed by atoms with Gasteiger partial charge < -0.3 is 4.74 Å². The minimum atomic E-state index is -0.530. The Morgan fingerprint density at radius 2 is 1.68 bits per heavy atom. The summed E-state index contributed by atoms with van der Waals surface area (Å²) in [7, 11) is 1.62. The number of halogens is 1. The molecule has 0 atom stereocenters. The van der Waals surface area contributed by atoms with Gasteiger partial charge in [-0.15, -0.1) is 0 Å². The van der Waals surface area contributed by atoms with Crippen molar-refractivity contribution in [1.82, 2.24) is 5.32 Å². The Bertz CT molecular complexity index is 1200. The molecule has 1 fully saturated rings. The molecule has 0 spiro atoms. The van der Waals surface area contributed by atoms with Crippen LogP contribution in [0.15, 0.2) is 78.4 Å². The van der Waals surface area contributed by atoms with Crippen molar-refractivity contribution in [3.05, 3.63) is 89.0 Å². The third-order valence-electron chi connectivity index (χ3n) is 4.81. The first-order valence-corrected chi connectivity index (χ1v) is 10.2. The van der Waals surface area contributed by atoms with E-state index in [0.29, 0.717) is 16.3 Å². The summed E-state index contributed by atoms with van der Waals surface area (Å²) in [5.41, 5.74) is 3.24. The van der Waals surface area contributed by atoms with Gasteiger partial charge in [0.05, 0.1) is 12.8 Å². The van der Waals surface area contributed by atoms with Crippen LogP contribution in [-0.4, -0.2) is 24.0 Å². The molecule has 154 valence electrons. The quantitative estimate of drug-likeness (QED) is 0.352. The molecule has 4 rings (SSSR count). The van der Waals surface area contributed by atoms with Crippen molar-refractivity contribution in [2.24, 2.45) is 0 Å². The lowest BCUT2D eigenvalue weighted by molar-refractivity contribution is -0.122. The van der Waals surface area contributed by atoms with Gasteiger partial charge in [-0.25, -0.2) is 0 Å². The van der Waals surface area contributed by atoms with E-state index in [4.69, 9.17) is 28.6 Å². The predicted molar refractivity (Wildman–Crippen MR) is 126 cm³/mol. The fourth-order valence-corrected chi connectivity index (χ4v) is 3.63. The molecule has 1 aliphatic heterocycles. The van der Waals surface area contributed by atoms with E-state index in [1.54, 1.807) is 37.5 Å². The average molecular weight is 449 g/mol. The lowest BCUT2D eigenvalue weighted by atomic mass is 10.0. The van der Waals surface area contributed by atoms with Crippen LogP contribution in [0.4, 0.5) is 5.69 Å². The van der Waals surface area contributed by atoms with Gasteiger partial charge in [-0.3, -0.25) is 19.8 Å². The Balaban J connectivity index is 1.63. The fourth-order valence-electron chi connectivity index (χ4n) is 3.22. The van der Waals surface area contributed by atoms with E-state index in [1.807, 2.05) is 48.5 Å². The monoisotopic (exact) mass is 448 g/mol. The van der Waals surface area contributed by atoms with Gasteiger partial charge in [0.2, 0.25) is 0 Å². The Morgan fingerprint density at radius 1 is 0.968 bits per heavy atom. The van der Waals surface area contributed by atoms with Gasteiger partial charge in [0, 0.05) is 5.02 Å². The standard InChI is InChI=1S/C24H17ClN2O3S/c1-30-20-4-2-3-17(14-20)16-7-5-15(6-8-16)13-21-22(28)26-24(31)27(23(21)29)19-11-9-18(25)10-12-19/h2-14H,1H3,(H,26,28,31)/b21-13-. The van der Waals surface area contributed by atoms with Gasteiger partial charge in [-0.05, 0) is 71.4 Å². The molecule has 7 heteroatoms. The number of benzene rings is 3. The zero-order chi connectivity index (χ0) is 22.0.